The normalized spacial score (nSPS) is 11.3. The first kappa shape index (κ1) is 25.8. The minimum Gasteiger partial charge on any atom is -0.457 e. The highest BCUT2D eigenvalue weighted by Gasteiger charge is 2.36. The van der Waals surface area contributed by atoms with E-state index < -0.39 is 23.0 Å². The van der Waals surface area contributed by atoms with Crippen molar-refractivity contribution in [3.63, 3.8) is 0 Å². The first-order chi connectivity index (χ1) is 17.5. The second kappa shape index (κ2) is 9.98. The number of aromatic nitrogens is 1. The van der Waals surface area contributed by atoms with Crippen molar-refractivity contribution in [2.24, 2.45) is 0 Å². The Morgan fingerprint density at radius 3 is 2.05 bits per heavy atom. The second-order valence-corrected chi connectivity index (χ2v) is 9.12. The molecule has 0 unspecified atom stereocenters. The number of alkyl halides is 3. The maximum atomic E-state index is 13.8. The van der Waals surface area contributed by atoms with Gasteiger partial charge in [-0.15, -0.1) is 0 Å². The van der Waals surface area contributed by atoms with Crippen LogP contribution in [0.1, 0.15) is 33.4 Å². The molecule has 0 saturated carbocycles. The molecule has 0 spiro atoms. The van der Waals surface area contributed by atoms with E-state index in [1.165, 1.54) is 4.57 Å². The van der Waals surface area contributed by atoms with Crippen LogP contribution in [-0.4, -0.2) is 4.57 Å². The van der Waals surface area contributed by atoms with Crippen molar-refractivity contribution in [2.45, 2.75) is 40.4 Å². The number of aryl methyl sites for hydroxylation is 4. The zero-order chi connectivity index (χ0) is 26.9. The van der Waals surface area contributed by atoms with Crippen LogP contribution in [-0.2, 0) is 12.7 Å². The van der Waals surface area contributed by atoms with Gasteiger partial charge in [0.2, 0.25) is 0 Å². The maximum absolute atomic E-state index is 13.8. The Hall–Kier alpha value is -4.31. The van der Waals surface area contributed by atoms with E-state index in [-0.39, 0.29) is 12.2 Å². The van der Waals surface area contributed by atoms with E-state index in [4.69, 9.17) is 11.3 Å². The lowest BCUT2D eigenvalue weighted by Crippen LogP contribution is -2.25. The molecule has 0 atom stereocenters. The summed E-state index contributed by atoms with van der Waals surface area (Å²) in [6.07, 6.45) is -4.85. The quantitative estimate of drug-likeness (QED) is 0.258. The Kier molecular flexibility index (Phi) is 6.95. The summed E-state index contributed by atoms with van der Waals surface area (Å²) in [5.41, 5.74) is 2.09. The van der Waals surface area contributed by atoms with Crippen LogP contribution in [0.3, 0.4) is 0 Å². The summed E-state index contributed by atoms with van der Waals surface area (Å²) in [5.74, 6) is 1.18. The predicted molar refractivity (Wildman–Crippen MR) is 138 cm³/mol. The van der Waals surface area contributed by atoms with Gasteiger partial charge in [-0.25, -0.2) is 4.85 Å². The third kappa shape index (κ3) is 5.44. The molecule has 4 aromatic rings. The number of pyridine rings is 1. The van der Waals surface area contributed by atoms with E-state index >= 15 is 0 Å². The van der Waals surface area contributed by atoms with E-state index in [9.17, 15) is 18.0 Å². The molecule has 0 fully saturated rings. The summed E-state index contributed by atoms with van der Waals surface area (Å²) >= 11 is 0. The molecule has 0 aliphatic heterocycles. The third-order valence-electron chi connectivity index (χ3n) is 6.23. The maximum Gasteiger partial charge on any atom is 0.407 e. The number of hydrogen-bond acceptors (Lipinski definition) is 2. The fraction of sp³-hybridized carbons (Fsp3) is 0.200. The minimum absolute atomic E-state index is 0.0295. The van der Waals surface area contributed by atoms with Gasteiger partial charge < -0.3 is 9.30 Å². The third-order valence-corrected chi connectivity index (χ3v) is 6.23. The van der Waals surface area contributed by atoms with Crippen LogP contribution in [0.5, 0.6) is 11.5 Å². The Balaban J connectivity index is 1.83. The lowest BCUT2D eigenvalue weighted by Gasteiger charge is -2.19. The highest BCUT2D eigenvalue weighted by molar-refractivity contribution is 5.67. The van der Waals surface area contributed by atoms with Crippen LogP contribution < -0.4 is 10.3 Å². The molecule has 0 aliphatic rings. The number of hydrogen-bond donors (Lipinski definition) is 0. The summed E-state index contributed by atoms with van der Waals surface area (Å²) in [6, 6.07) is 18.9. The average molecular weight is 503 g/mol. The van der Waals surface area contributed by atoms with E-state index in [0.717, 1.165) is 33.9 Å². The second-order valence-electron chi connectivity index (χ2n) is 9.12. The van der Waals surface area contributed by atoms with Gasteiger partial charge in [0.25, 0.3) is 11.2 Å². The van der Waals surface area contributed by atoms with Gasteiger partial charge in [0.1, 0.15) is 11.5 Å². The van der Waals surface area contributed by atoms with Crippen molar-refractivity contribution < 1.29 is 17.9 Å². The fourth-order valence-corrected chi connectivity index (χ4v) is 4.28. The summed E-state index contributed by atoms with van der Waals surface area (Å²) in [5, 5.41) is 0. The molecule has 3 aromatic carbocycles. The molecule has 0 amide bonds. The van der Waals surface area contributed by atoms with Crippen molar-refractivity contribution in [1.82, 2.24) is 4.57 Å². The molecule has 188 valence electrons. The lowest BCUT2D eigenvalue weighted by atomic mass is 10.0. The minimum atomic E-state index is -4.85. The topological polar surface area (TPSA) is 35.6 Å². The summed E-state index contributed by atoms with van der Waals surface area (Å²) in [4.78, 5) is 16.2. The van der Waals surface area contributed by atoms with Crippen LogP contribution in [0.15, 0.2) is 71.5 Å². The molecular formula is C30H25F3N2O2. The average Bonchev–Trinajstić information content (AvgIpc) is 2.83. The fourth-order valence-electron chi connectivity index (χ4n) is 4.28. The molecule has 4 rings (SSSR count). The lowest BCUT2D eigenvalue weighted by molar-refractivity contribution is -0.136. The molecule has 7 heteroatoms. The van der Waals surface area contributed by atoms with Crippen LogP contribution in [0.25, 0.3) is 16.1 Å². The van der Waals surface area contributed by atoms with E-state index in [2.05, 4.69) is 4.85 Å². The van der Waals surface area contributed by atoms with Gasteiger partial charge in [-0.3, -0.25) is 4.79 Å². The molecule has 0 aliphatic carbocycles. The molecule has 1 heterocycles. The summed E-state index contributed by atoms with van der Waals surface area (Å²) in [6.45, 7) is 15.0. The van der Waals surface area contributed by atoms with Crippen LogP contribution in [0, 0.1) is 34.3 Å². The van der Waals surface area contributed by atoms with Gasteiger partial charge >= 0.3 is 6.18 Å². The Labute approximate surface area is 213 Å². The van der Waals surface area contributed by atoms with Gasteiger partial charge in [-0.05, 0) is 86.3 Å². The number of nitrogens with zero attached hydrogens (tertiary/aromatic N) is 2. The van der Waals surface area contributed by atoms with Crippen molar-refractivity contribution in [2.75, 3.05) is 0 Å². The number of halogens is 3. The van der Waals surface area contributed by atoms with Crippen molar-refractivity contribution in [3.05, 3.63) is 122 Å². The van der Waals surface area contributed by atoms with Crippen LogP contribution in [0.4, 0.5) is 18.9 Å². The molecule has 37 heavy (non-hydrogen) atoms. The molecular weight excluding hydrogens is 477 g/mol. The van der Waals surface area contributed by atoms with Crippen LogP contribution in [0.2, 0.25) is 0 Å². The standard InChI is InChI=1S/C30H25F3N2O2/c1-18-6-8-23(20(3)14-18)17-35-26(16-25(30(31,32)33)28(34-5)29(35)36)22-9-11-24(12-10-22)37-27-13-7-19(2)15-21(27)4/h6-16H,17H2,1-4H3. The zero-order valence-electron chi connectivity index (χ0n) is 20.9. The first-order valence-electron chi connectivity index (χ1n) is 11.6. The number of benzene rings is 3. The first-order valence-corrected chi connectivity index (χ1v) is 11.6. The SMILES string of the molecule is [C-]#[N+]c1c(C(F)(F)F)cc(-c2ccc(Oc3ccc(C)cc3C)cc2)n(Cc2ccc(C)cc2C)c1=O. The Bertz CT molecular complexity index is 1580. The van der Waals surface area contributed by atoms with Gasteiger partial charge in [-0.1, -0.05) is 41.5 Å². The van der Waals surface area contributed by atoms with Crippen molar-refractivity contribution in [1.29, 1.82) is 0 Å². The molecule has 4 nitrogen and oxygen atoms in total. The molecule has 0 N–H and O–H groups in total. The van der Waals surface area contributed by atoms with E-state index in [1.807, 2.05) is 64.1 Å². The molecule has 0 saturated heterocycles. The number of rotatable bonds is 5. The molecule has 0 bridgehead atoms. The largest absolute Gasteiger partial charge is 0.457 e. The van der Waals surface area contributed by atoms with Gasteiger partial charge in [0.15, 0.2) is 0 Å². The monoisotopic (exact) mass is 502 g/mol. The Morgan fingerprint density at radius 1 is 0.865 bits per heavy atom. The molecule has 0 radical (unpaired) electrons. The summed E-state index contributed by atoms with van der Waals surface area (Å²) < 4.78 is 48.7. The van der Waals surface area contributed by atoms with E-state index in [1.54, 1.807) is 24.3 Å². The Morgan fingerprint density at radius 2 is 1.49 bits per heavy atom. The van der Waals surface area contributed by atoms with Gasteiger partial charge in [0, 0.05) is 5.69 Å². The summed E-state index contributed by atoms with van der Waals surface area (Å²) in [7, 11) is 0. The van der Waals surface area contributed by atoms with Crippen LogP contribution >= 0.6 is 0 Å². The highest BCUT2D eigenvalue weighted by Crippen LogP contribution is 2.38. The van der Waals surface area contributed by atoms with E-state index in [0.29, 0.717) is 17.1 Å². The zero-order valence-corrected chi connectivity index (χ0v) is 20.9. The smallest absolute Gasteiger partial charge is 0.407 e. The number of ether oxygens (including phenoxy) is 1. The predicted octanol–water partition coefficient (Wildman–Crippen LogP) is 8.16. The van der Waals surface area contributed by atoms with Gasteiger partial charge in [-0.2, -0.15) is 13.2 Å². The molecule has 1 aromatic heterocycles. The highest BCUT2D eigenvalue weighted by atomic mass is 19.4. The van der Waals surface area contributed by atoms with Crippen molar-refractivity contribution >= 4 is 5.69 Å². The van der Waals surface area contributed by atoms with Gasteiger partial charge in [0.05, 0.1) is 18.7 Å². The van der Waals surface area contributed by atoms with Crippen molar-refractivity contribution in [3.8, 4) is 22.8 Å².